The molecule has 0 saturated carbocycles. The predicted molar refractivity (Wildman–Crippen MR) is 120 cm³/mol. The molecule has 180 valence electrons. The maximum absolute atomic E-state index is 13.6. The van der Waals surface area contributed by atoms with Crippen LogP contribution in [0.2, 0.25) is 0 Å². The van der Waals surface area contributed by atoms with Crippen molar-refractivity contribution in [1.29, 1.82) is 0 Å². The monoisotopic (exact) mass is 472 g/mol. The van der Waals surface area contributed by atoms with Gasteiger partial charge in [-0.05, 0) is 42.0 Å². The van der Waals surface area contributed by atoms with Crippen molar-refractivity contribution in [2.45, 2.75) is 50.1 Å². The fraction of sp³-hybridized carbons (Fsp3) is 0.400. The molecule has 2 N–H and O–H groups in total. The second-order valence-corrected chi connectivity index (χ2v) is 8.84. The lowest BCUT2D eigenvalue weighted by Crippen LogP contribution is -2.53. The SMILES string of the molecule is C[C@@]1(C(=O)O)CCCN1C(=O)CC(NC(=O)OCC1c2ccccc2-c2ccccc21)C(F)F. The number of nitrogens with one attached hydrogen (secondary N) is 1. The maximum Gasteiger partial charge on any atom is 0.407 e. The Labute approximate surface area is 195 Å². The predicted octanol–water partition coefficient (Wildman–Crippen LogP) is 4.01. The molecule has 2 aromatic carbocycles. The van der Waals surface area contributed by atoms with E-state index in [0.29, 0.717) is 6.42 Å². The first-order valence-electron chi connectivity index (χ1n) is 11.2. The van der Waals surface area contributed by atoms with E-state index in [-0.39, 0.29) is 25.5 Å². The summed E-state index contributed by atoms with van der Waals surface area (Å²) in [5, 5.41) is 11.6. The van der Waals surface area contributed by atoms with Crippen LogP contribution in [0.25, 0.3) is 11.1 Å². The van der Waals surface area contributed by atoms with E-state index in [0.717, 1.165) is 27.2 Å². The number of fused-ring (bicyclic) bond motifs is 3. The van der Waals surface area contributed by atoms with Gasteiger partial charge in [-0.1, -0.05) is 48.5 Å². The van der Waals surface area contributed by atoms with Crippen LogP contribution in [-0.4, -0.2) is 59.1 Å². The average Bonchev–Trinajstić information content (AvgIpc) is 3.36. The number of carbonyl (C=O) groups excluding carboxylic acids is 2. The van der Waals surface area contributed by atoms with Gasteiger partial charge in [-0.3, -0.25) is 4.79 Å². The molecule has 1 aliphatic carbocycles. The summed E-state index contributed by atoms with van der Waals surface area (Å²) in [6, 6.07) is 13.7. The van der Waals surface area contributed by atoms with Crippen molar-refractivity contribution < 1.29 is 33.0 Å². The molecule has 2 aromatic rings. The summed E-state index contributed by atoms with van der Waals surface area (Å²) in [6.07, 6.45) is -4.09. The van der Waals surface area contributed by atoms with E-state index in [1.54, 1.807) is 0 Å². The summed E-state index contributed by atoms with van der Waals surface area (Å²) >= 11 is 0. The number of carboxylic acid groups (broad SMARTS) is 1. The van der Waals surface area contributed by atoms with Crippen LogP contribution in [0.1, 0.15) is 43.2 Å². The van der Waals surface area contributed by atoms with Crippen molar-refractivity contribution in [1.82, 2.24) is 10.2 Å². The van der Waals surface area contributed by atoms with Gasteiger partial charge in [-0.2, -0.15) is 0 Å². The molecule has 9 heteroatoms. The van der Waals surface area contributed by atoms with E-state index >= 15 is 0 Å². The Bertz CT molecular complexity index is 1060. The molecule has 2 aliphatic rings. The third kappa shape index (κ3) is 4.34. The molecule has 0 radical (unpaired) electrons. The van der Waals surface area contributed by atoms with Gasteiger partial charge in [0.15, 0.2) is 0 Å². The number of carbonyl (C=O) groups is 3. The number of alkyl carbamates (subject to hydrolysis) is 1. The lowest BCUT2D eigenvalue weighted by atomic mass is 9.98. The highest BCUT2D eigenvalue weighted by molar-refractivity contribution is 5.88. The molecule has 1 aliphatic heterocycles. The van der Waals surface area contributed by atoms with Gasteiger partial charge in [0.25, 0.3) is 6.43 Å². The Morgan fingerprint density at radius 3 is 2.26 bits per heavy atom. The number of benzene rings is 2. The molecule has 0 spiro atoms. The molecule has 7 nitrogen and oxygen atoms in total. The van der Waals surface area contributed by atoms with Crippen molar-refractivity contribution in [3.8, 4) is 11.1 Å². The van der Waals surface area contributed by atoms with E-state index in [9.17, 15) is 28.3 Å². The fourth-order valence-corrected chi connectivity index (χ4v) is 4.88. The Balaban J connectivity index is 1.40. The lowest BCUT2D eigenvalue weighted by Gasteiger charge is -2.32. The van der Waals surface area contributed by atoms with Crippen LogP contribution in [-0.2, 0) is 14.3 Å². The van der Waals surface area contributed by atoms with E-state index < -0.39 is 42.4 Å². The van der Waals surface area contributed by atoms with Crippen LogP contribution in [0.3, 0.4) is 0 Å². The number of nitrogens with zero attached hydrogens (tertiary/aromatic N) is 1. The number of alkyl halides is 2. The van der Waals surface area contributed by atoms with Crippen molar-refractivity contribution in [3.05, 3.63) is 59.7 Å². The molecule has 2 atom stereocenters. The molecular formula is C25H26F2N2O5. The van der Waals surface area contributed by atoms with Gasteiger partial charge in [0, 0.05) is 12.5 Å². The minimum atomic E-state index is -3.02. The largest absolute Gasteiger partial charge is 0.480 e. The smallest absolute Gasteiger partial charge is 0.407 e. The number of amides is 2. The molecule has 0 aromatic heterocycles. The molecule has 34 heavy (non-hydrogen) atoms. The first-order valence-corrected chi connectivity index (χ1v) is 11.2. The fourth-order valence-electron chi connectivity index (χ4n) is 4.88. The van der Waals surface area contributed by atoms with Gasteiger partial charge in [0.05, 0.1) is 6.42 Å². The third-order valence-corrected chi connectivity index (χ3v) is 6.75. The van der Waals surface area contributed by atoms with Gasteiger partial charge in [-0.15, -0.1) is 0 Å². The Morgan fingerprint density at radius 2 is 1.71 bits per heavy atom. The second-order valence-electron chi connectivity index (χ2n) is 8.84. The number of rotatable bonds is 7. The zero-order valence-corrected chi connectivity index (χ0v) is 18.7. The van der Waals surface area contributed by atoms with Crippen molar-refractivity contribution in [2.75, 3.05) is 13.2 Å². The van der Waals surface area contributed by atoms with Crippen LogP contribution in [0, 0.1) is 0 Å². The molecule has 1 unspecified atom stereocenters. The van der Waals surface area contributed by atoms with E-state index in [2.05, 4.69) is 5.32 Å². The van der Waals surface area contributed by atoms with E-state index in [4.69, 9.17) is 4.74 Å². The lowest BCUT2D eigenvalue weighted by molar-refractivity contribution is -0.155. The van der Waals surface area contributed by atoms with Gasteiger partial charge < -0.3 is 20.1 Å². The first kappa shape index (κ1) is 23.7. The summed E-state index contributed by atoms with van der Waals surface area (Å²) < 4.78 is 32.6. The molecule has 1 saturated heterocycles. The number of likely N-dealkylation sites (tertiary alicyclic amines) is 1. The van der Waals surface area contributed by atoms with E-state index in [1.807, 2.05) is 48.5 Å². The summed E-state index contributed by atoms with van der Waals surface area (Å²) in [4.78, 5) is 37.7. The Hall–Kier alpha value is -3.49. The number of hydrogen-bond acceptors (Lipinski definition) is 4. The van der Waals surface area contributed by atoms with Crippen LogP contribution >= 0.6 is 0 Å². The van der Waals surface area contributed by atoms with Crippen molar-refractivity contribution in [3.63, 3.8) is 0 Å². The van der Waals surface area contributed by atoms with Crippen LogP contribution < -0.4 is 5.32 Å². The average molecular weight is 472 g/mol. The first-order chi connectivity index (χ1) is 16.2. The van der Waals surface area contributed by atoms with Gasteiger partial charge in [-0.25, -0.2) is 18.4 Å². The second kappa shape index (κ2) is 9.40. The Morgan fingerprint density at radius 1 is 1.12 bits per heavy atom. The highest BCUT2D eigenvalue weighted by Crippen LogP contribution is 2.44. The summed E-state index contributed by atoms with van der Waals surface area (Å²) in [5.74, 6) is -2.16. The maximum atomic E-state index is 13.6. The molecule has 2 amide bonds. The van der Waals surface area contributed by atoms with Crippen molar-refractivity contribution in [2.24, 2.45) is 0 Å². The third-order valence-electron chi connectivity index (χ3n) is 6.75. The van der Waals surface area contributed by atoms with E-state index in [1.165, 1.54) is 6.92 Å². The topological polar surface area (TPSA) is 95.9 Å². The van der Waals surface area contributed by atoms with Gasteiger partial charge in [0.1, 0.15) is 18.2 Å². The summed E-state index contributed by atoms with van der Waals surface area (Å²) in [7, 11) is 0. The molecule has 4 rings (SSSR count). The zero-order chi connectivity index (χ0) is 24.5. The highest BCUT2D eigenvalue weighted by Gasteiger charge is 2.46. The van der Waals surface area contributed by atoms with Gasteiger partial charge >= 0.3 is 12.1 Å². The van der Waals surface area contributed by atoms with Gasteiger partial charge in [0.2, 0.25) is 5.91 Å². The minimum Gasteiger partial charge on any atom is -0.480 e. The summed E-state index contributed by atoms with van der Waals surface area (Å²) in [5.41, 5.74) is 2.61. The number of carboxylic acids is 1. The number of aliphatic carboxylic acids is 1. The van der Waals surface area contributed by atoms with Crippen LogP contribution in [0.4, 0.5) is 13.6 Å². The molecule has 1 heterocycles. The molecule has 0 bridgehead atoms. The number of halogens is 2. The summed E-state index contributed by atoms with van der Waals surface area (Å²) in [6.45, 7) is 1.52. The van der Waals surface area contributed by atoms with Crippen LogP contribution in [0.15, 0.2) is 48.5 Å². The minimum absolute atomic E-state index is 0.0486. The van der Waals surface area contributed by atoms with Crippen LogP contribution in [0.5, 0.6) is 0 Å². The van der Waals surface area contributed by atoms with Crippen molar-refractivity contribution >= 4 is 18.0 Å². The quantitative estimate of drug-likeness (QED) is 0.635. The standard InChI is InChI=1S/C25H26F2N2O5/c1-25(23(31)32)11-6-12-29(25)21(30)13-20(22(26)27)28-24(33)34-14-19-17-9-4-2-7-15(17)16-8-3-5-10-18(16)19/h2-5,7-10,19-20,22H,6,11-14H2,1H3,(H,28,33)(H,31,32)/t20?,25-/m0/s1. The Kier molecular flexibility index (Phi) is 6.54. The number of ether oxygens (including phenoxy) is 1. The molecule has 1 fully saturated rings. The zero-order valence-electron chi connectivity index (χ0n) is 18.7. The highest BCUT2D eigenvalue weighted by atomic mass is 19.3. The normalized spacial score (nSPS) is 20.1. The molecular weight excluding hydrogens is 446 g/mol. The number of hydrogen-bond donors (Lipinski definition) is 2.